The highest BCUT2D eigenvalue weighted by Crippen LogP contribution is 2.32. The van der Waals surface area contributed by atoms with Gasteiger partial charge in [0.05, 0.1) is 5.69 Å². The summed E-state index contributed by atoms with van der Waals surface area (Å²) >= 11 is 0. The van der Waals surface area contributed by atoms with E-state index in [2.05, 4.69) is 29.8 Å². The average molecular weight is 343 g/mol. The predicted octanol–water partition coefficient (Wildman–Crippen LogP) is 4.39. The molecule has 1 atom stereocenters. The summed E-state index contributed by atoms with van der Waals surface area (Å²) in [5.74, 6) is 1.62. The van der Waals surface area contributed by atoms with Crippen LogP contribution in [-0.4, -0.2) is 34.0 Å². The normalized spacial score (nSPS) is 20.1. The average Bonchev–Trinajstić information content (AvgIpc) is 3.19. The van der Waals surface area contributed by atoms with Gasteiger partial charge in [-0.25, -0.2) is 9.97 Å². The smallest absolute Gasteiger partial charge is 0.131 e. The molecule has 0 bridgehead atoms. The van der Waals surface area contributed by atoms with Crippen LogP contribution in [-0.2, 0) is 12.8 Å². The summed E-state index contributed by atoms with van der Waals surface area (Å²) in [6, 6.07) is 0.797. The van der Waals surface area contributed by atoms with Gasteiger partial charge in [0.2, 0.25) is 0 Å². The summed E-state index contributed by atoms with van der Waals surface area (Å²) in [7, 11) is 0. The van der Waals surface area contributed by atoms with Crippen LogP contribution < -0.4 is 5.73 Å². The van der Waals surface area contributed by atoms with Gasteiger partial charge in [0.25, 0.3) is 0 Å². The number of likely N-dealkylation sites (tertiary alicyclic amines) is 1. The zero-order valence-corrected chi connectivity index (χ0v) is 16.1. The van der Waals surface area contributed by atoms with E-state index in [1.54, 1.807) is 0 Å². The number of fused-ring (bicyclic) bond motifs is 1. The largest absolute Gasteiger partial charge is 0.383 e. The van der Waals surface area contributed by atoms with Gasteiger partial charge in [0.1, 0.15) is 11.6 Å². The van der Waals surface area contributed by atoms with Crippen LogP contribution in [0, 0.1) is 0 Å². The number of nitrogens with two attached hydrogens (primary N) is 1. The highest BCUT2D eigenvalue weighted by molar-refractivity contribution is 5.73. The van der Waals surface area contributed by atoms with Crippen molar-refractivity contribution in [1.82, 2.24) is 14.9 Å². The highest BCUT2D eigenvalue weighted by atomic mass is 15.2. The first kappa shape index (κ1) is 18.4. The zero-order valence-electron chi connectivity index (χ0n) is 16.1. The van der Waals surface area contributed by atoms with Gasteiger partial charge in [0.15, 0.2) is 0 Å². The van der Waals surface area contributed by atoms with Gasteiger partial charge in [-0.1, -0.05) is 25.8 Å². The van der Waals surface area contributed by atoms with E-state index in [-0.39, 0.29) is 0 Å². The number of hydrogen-bond donors (Lipinski definition) is 1. The Balaban J connectivity index is 1.48. The molecule has 25 heavy (non-hydrogen) atoms. The van der Waals surface area contributed by atoms with Crippen molar-refractivity contribution < 1.29 is 0 Å². The molecule has 4 heteroatoms. The van der Waals surface area contributed by atoms with Crippen LogP contribution in [0.15, 0.2) is 6.08 Å². The molecule has 3 rings (SSSR count). The second-order valence-electron chi connectivity index (χ2n) is 7.73. The van der Waals surface area contributed by atoms with Crippen molar-refractivity contribution in [2.75, 3.05) is 18.8 Å². The molecule has 1 aromatic heterocycles. The number of nitrogen functional groups attached to an aromatic ring is 1. The van der Waals surface area contributed by atoms with Crippen molar-refractivity contribution in [3.8, 4) is 0 Å². The van der Waals surface area contributed by atoms with Crippen LogP contribution in [0.25, 0.3) is 5.57 Å². The second-order valence-corrected chi connectivity index (χ2v) is 7.73. The van der Waals surface area contributed by atoms with Crippen molar-refractivity contribution in [3.63, 3.8) is 0 Å². The molecular weight excluding hydrogens is 308 g/mol. The highest BCUT2D eigenvalue weighted by Gasteiger charge is 2.21. The number of anilines is 1. The van der Waals surface area contributed by atoms with Gasteiger partial charge in [-0.3, -0.25) is 0 Å². The van der Waals surface area contributed by atoms with Gasteiger partial charge in [-0.15, -0.1) is 0 Å². The number of aromatic nitrogens is 2. The Morgan fingerprint density at radius 2 is 2.04 bits per heavy atom. The molecule has 1 fully saturated rings. The number of unbranched alkanes of at least 4 members (excludes halogenated alkanes) is 3. The SMILES string of the molecule is CCCCc1nc(N)c2c(n1)C(CCCCCN1CCC[C@H]1C)=CC2. The molecule has 0 aromatic carbocycles. The van der Waals surface area contributed by atoms with Gasteiger partial charge < -0.3 is 10.6 Å². The zero-order chi connectivity index (χ0) is 17.6. The molecule has 0 amide bonds. The Morgan fingerprint density at radius 1 is 1.16 bits per heavy atom. The quantitative estimate of drug-likeness (QED) is 0.676. The maximum atomic E-state index is 6.18. The van der Waals surface area contributed by atoms with Crippen LogP contribution in [0.3, 0.4) is 0 Å². The molecule has 1 saturated heterocycles. The van der Waals surface area contributed by atoms with Crippen LogP contribution in [0.2, 0.25) is 0 Å². The number of aryl methyl sites for hydroxylation is 1. The third-order valence-electron chi connectivity index (χ3n) is 5.78. The molecule has 4 nitrogen and oxygen atoms in total. The lowest BCUT2D eigenvalue weighted by atomic mass is 10.0. The predicted molar refractivity (Wildman–Crippen MR) is 105 cm³/mol. The fourth-order valence-corrected chi connectivity index (χ4v) is 4.14. The minimum atomic E-state index is 0.699. The summed E-state index contributed by atoms with van der Waals surface area (Å²) in [4.78, 5) is 12.0. The number of allylic oxidation sites excluding steroid dienone is 2. The van der Waals surface area contributed by atoms with Crippen molar-refractivity contribution in [2.45, 2.75) is 84.1 Å². The minimum Gasteiger partial charge on any atom is -0.383 e. The standard InChI is InChI=1S/C21H34N4/c1-3-4-11-19-23-20-17(12-13-18(20)21(22)24-19)10-6-5-7-14-25-15-8-9-16(25)2/h12,16H,3-11,13-15H2,1-2H3,(H2,22,23,24)/t16-/m1/s1. The van der Waals surface area contributed by atoms with E-state index in [1.165, 1.54) is 57.2 Å². The summed E-state index contributed by atoms with van der Waals surface area (Å²) in [5, 5.41) is 0. The number of nitrogens with zero attached hydrogens (tertiary/aromatic N) is 3. The Bertz CT molecular complexity index is 608. The van der Waals surface area contributed by atoms with Crippen molar-refractivity contribution in [2.24, 2.45) is 0 Å². The van der Waals surface area contributed by atoms with E-state index in [1.807, 2.05) is 0 Å². The van der Waals surface area contributed by atoms with E-state index in [0.29, 0.717) is 5.82 Å². The molecule has 0 saturated carbocycles. The lowest BCUT2D eigenvalue weighted by Crippen LogP contribution is -2.27. The van der Waals surface area contributed by atoms with Crippen molar-refractivity contribution in [3.05, 3.63) is 23.2 Å². The summed E-state index contributed by atoms with van der Waals surface area (Å²) in [5.41, 5.74) is 9.87. The van der Waals surface area contributed by atoms with Gasteiger partial charge >= 0.3 is 0 Å². The maximum Gasteiger partial charge on any atom is 0.131 e. The van der Waals surface area contributed by atoms with Crippen LogP contribution in [0.4, 0.5) is 5.82 Å². The molecular formula is C21H34N4. The van der Waals surface area contributed by atoms with E-state index < -0.39 is 0 Å². The lowest BCUT2D eigenvalue weighted by molar-refractivity contribution is 0.262. The first-order chi connectivity index (χ1) is 12.2. The molecule has 1 aromatic rings. The van der Waals surface area contributed by atoms with Crippen molar-refractivity contribution in [1.29, 1.82) is 0 Å². The van der Waals surface area contributed by atoms with Crippen LogP contribution in [0.1, 0.15) is 82.3 Å². The van der Waals surface area contributed by atoms with Gasteiger partial charge in [-0.2, -0.15) is 0 Å². The molecule has 138 valence electrons. The number of rotatable bonds is 9. The molecule has 1 aliphatic carbocycles. The Hall–Kier alpha value is -1.42. The Labute approximate surface area is 152 Å². The van der Waals surface area contributed by atoms with Gasteiger partial charge in [0, 0.05) is 18.0 Å². The first-order valence-electron chi connectivity index (χ1n) is 10.3. The van der Waals surface area contributed by atoms with E-state index in [9.17, 15) is 0 Å². The summed E-state index contributed by atoms with van der Waals surface area (Å²) < 4.78 is 0. The number of hydrogen-bond acceptors (Lipinski definition) is 4. The molecule has 0 radical (unpaired) electrons. The molecule has 2 heterocycles. The van der Waals surface area contributed by atoms with Crippen molar-refractivity contribution >= 4 is 11.4 Å². The van der Waals surface area contributed by atoms with E-state index in [0.717, 1.165) is 48.8 Å². The maximum absolute atomic E-state index is 6.18. The summed E-state index contributed by atoms with van der Waals surface area (Å²) in [6.45, 7) is 7.14. The molecule has 2 aliphatic rings. The topological polar surface area (TPSA) is 55.0 Å². The van der Waals surface area contributed by atoms with Crippen LogP contribution in [0.5, 0.6) is 0 Å². The Kier molecular flexibility index (Phi) is 6.46. The summed E-state index contributed by atoms with van der Waals surface area (Å²) in [6.07, 6.45) is 14.2. The molecule has 0 unspecified atom stereocenters. The fraction of sp³-hybridized carbons (Fsp3) is 0.714. The van der Waals surface area contributed by atoms with E-state index >= 15 is 0 Å². The fourth-order valence-electron chi connectivity index (χ4n) is 4.14. The third-order valence-corrected chi connectivity index (χ3v) is 5.78. The van der Waals surface area contributed by atoms with E-state index in [4.69, 9.17) is 10.7 Å². The first-order valence-corrected chi connectivity index (χ1v) is 10.3. The Morgan fingerprint density at radius 3 is 2.80 bits per heavy atom. The van der Waals surface area contributed by atoms with Gasteiger partial charge in [-0.05, 0) is 70.5 Å². The minimum absolute atomic E-state index is 0.699. The van der Waals surface area contributed by atoms with Crippen LogP contribution >= 0.6 is 0 Å². The lowest BCUT2D eigenvalue weighted by Gasteiger charge is -2.20. The monoisotopic (exact) mass is 342 g/mol. The third kappa shape index (κ3) is 4.60. The molecule has 1 aliphatic heterocycles. The molecule has 0 spiro atoms. The second kappa shape index (κ2) is 8.79. The molecule has 2 N–H and O–H groups in total.